The van der Waals surface area contributed by atoms with Crippen molar-refractivity contribution in [2.75, 3.05) is 0 Å². The predicted octanol–water partition coefficient (Wildman–Crippen LogP) is 8.26. The van der Waals surface area contributed by atoms with E-state index >= 15 is 0 Å². The van der Waals surface area contributed by atoms with Crippen LogP contribution in [0.25, 0.3) is 22.3 Å². The van der Waals surface area contributed by atoms with Crippen molar-refractivity contribution in [3.8, 4) is 28.6 Å². The summed E-state index contributed by atoms with van der Waals surface area (Å²) in [4.78, 5) is 25.8. The van der Waals surface area contributed by atoms with E-state index in [2.05, 4.69) is 6.92 Å². The maximum atomic E-state index is 13.2. The molecule has 6 nitrogen and oxygen atoms in total. The van der Waals surface area contributed by atoms with Crippen LogP contribution in [0.2, 0.25) is 0 Å². The first kappa shape index (κ1) is 28.3. The number of benzene rings is 2. The van der Waals surface area contributed by atoms with Crippen LogP contribution in [0.4, 0.5) is 0 Å². The molecular weight excluding hydrogens is 468 g/mol. The second kappa shape index (κ2) is 15.1. The molecule has 3 aromatic rings. The molecule has 0 spiro atoms. The number of phenols is 2. The highest BCUT2D eigenvalue weighted by molar-refractivity contribution is 5.89. The number of fused-ring (bicyclic) bond motifs is 1. The minimum absolute atomic E-state index is 0.0117. The third-order valence-corrected chi connectivity index (χ3v) is 6.65. The van der Waals surface area contributed by atoms with Crippen molar-refractivity contribution in [1.82, 2.24) is 0 Å². The van der Waals surface area contributed by atoms with Crippen LogP contribution < -0.4 is 10.2 Å². The van der Waals surface area contributed by atoms with Crippen LogP contribution in [0, 0.1) is 0 Å². The van der Waals surface area contributed by atoms with Crippen LogP contribution in [-0.4, -0.2) is 16.2 Å². The maximum absolute atomic E-state index is 13.2. The predicted molar refractivity (Wildman–Crippen MR) is 147 cm³/mol. The summed E-state index contributed by atoms with van der Waals surface area (Å²) in [6.45, 7) is 2.24. The average Bonchev–Trinajstić information content (AvgIpc) is 2.88. The Hall–Kier alpha value is -3.28. The Morgan fingerprint density at radius 2 is 1.38 bits per heavy atom. The van der Waals surface area contributed by atoms with Gasteiger partial charge in [-0.1, -0.05) is 114 Å². The summed E-state index contributed by atoms with van der Waals surface area (Å²) in [5, 5.41) is 19.9. The van der Waals surface area contributed by atoms with Gasteiger partial charge in [0.1, 0.15) is 22.5 Å². The van der Waals surface area contributed by atoms with E-state index < -0.39 is 17.1 Å². The Morgan fingerprint density at radius 1 is 0.811 bits per heavy atom. The first-order chi connectivity index (χ1) is 18.0. The number of ether oxygens (including phenoxy) is 1. The lowest BCUT2D eigenvalue weighted by Crippen LogP contribution is -2.16. The fourth-order valence-electron chi connectivity index (χ4n) is 4.59. The number of hydrogen-bond donors (Lipinski definition) is 2. The molecule has 0 atom stereocenters. The summed E-state index contributed by atoms with van der Waals surface area (Å²) in [7, 11) is 0. The van der Waals surface area contributed by atoms with Gasteiger partial charge in [-0.15, -0.1) is 0 Å². The summed E-state index contributed by atoms with van der Waals surface area (Å²) in [6, 6.07) is 11.1. The molecule has 0 saturated heterocycles. The van der Waals surface area contributed by atoms with E-state index in [0.29, 0.717) is 12.0 Å². The number of carbonyl (C=O) groups is 1. The van der Waals surface area contributed by atoms with Crippen molar-refractivity contribution < 1.29 is 24.2 Å². The van der Waals surface area contributed by atoms with E-state index in [0.717, 1.165) is 18.9 Å². The van der Waals surface area contributed by atoms with E-state index in [1.165, 1.54) is 70.3 Å². The van der Waals surface area contributed by atoms with Crippen LogP contribution >= 0.6 is 0 Å². The first-order valence-corrected chi connectivity index (χ1v) is 13.8. The van der Waals surface area contributed by atoms with Crippen LogP contribution in [-0.2, 0) is 4.79 Å². The molecule has 0 aliphatic rings. The Morgan fingerprint density at radius 3 is 1.97 bits per heavy atom. The molecule has 2 N–H and O–H groups in total. The zero-order valence-corrected chi connectivity index (χ0v) is 22.0. The van der Waals surface area contributed by atoms with Crippen molar-refractivity contribution in [3.05, 3.63) is 52.7 Å². The molecule has 1 aromatic heterocycles. The highest BCUT2D eigenvalue weighted by Crippen LogP contribution is 2.35. The molecule has 0 radical (unpaired) electrons. The molecule has 0 fully saturated rings. The zero-order valence-electron chi connectivity index (χ0n) is 22.0. The fraction of sp³-hybridized carbons (Fsp3) is 0.484. The lowest BCUT2D eigenvalue weighted by molar-refractivity contribution is -0.134. The van der Waals surface area contributed by atoms with Crippen LogP contribution in [0.3, 0.4) is 0 Å². The minimum Gasteiger partial charge on any atom is -0.508 e. The van der Waals surface area contributed by atoms with E-state index in [-0.39, 0.29) is 34.6 Å². The molecule has 1 heterocycles. The Balaban J connectivity index is 1.50. The largest absolute Gasteiger partial charge is 0.508 e. The van der Waals surface area contributed by atoms with E-state index in [1.807, 2.05) is 6.07 Å². The van der Waals surface area contributed by atoms with Crippen LogP contribution in [0.1, 0.15) is 96.8 Å². The van der Waals surface area contributed by atoms with Gasteiger partial charge in [0.2, 0.25) is 11.2 Å². The number of unbranched alkanes of at least 4 members (excludes halogenated alkanes) is 12. The van der Waals surface area contributed by atoms with E-state index in [1.54, 1.807) is 24.3 Å². The third kappa shape index (κ3) is 8.66. The average molecular weight is 509 g/mol. The number of rotatable bonds is 16. The topological polar surface area (TPSA) is 97.0 Å². The Bertz CT molecular complexity index is 1180. The SMILES string of the molecule is CCCCCCCCCCCCCCCC(=O)Oc1c(-c2ccccc2)oc2cc(O)cc(O)c2c1=O. The summed E-state index contributed by atoms with van der Waals surface area (Å²) >= 11 is 0. The summed E-state index contributed by atoms with van der Waals surface area (Å²) in [5.74, 6) is -1.34. The van der Waals surface area contributed by atoms with Crippen molar-refractivity contribution in [1.29, 1.82) is 0 Å². The summed E-state index contributed by atoms with van der Waals surface area (Å²) in [6.07, 6.45) is 16.0. The first-order valence-electron chi connectivity index (χ1n) is 13.8. The highest BCUT2D eigenvalue weighted by Gasteiger charge is 2.22. The van der Waals surface area contributed by atoms with E-state index in [9.17, 15) is 19.8 Å². The molecule has 6 heteroatoms. The smallest absolute Gasteiger partial charge is 0.311 e. The number of aromatic hydroxyl groups is 2. The van der Waals surface area contributed by atoms with Crippen molar-refractivity contribution in [2.45, 2.75) is 96.8 Å². The van der Waals surface area contributed by atoms with Crippen molar-refractivity contribution in [3.63, 3.8) is 0 Å². The summed E-state index contributed by atoms with van der Waals surface area (Å²) in [5.41, 5.74) is -0.0953. The van der Waals surface area contributed by atoms with Gasteiger partial charge in [-0.05, 0) is 6.42 Å². The Kier molecular flexibility index (Phi) is 11.5. The second-order valence-electron chi connectivity index (χ2n) is 9.76. The quantitative estimate of drug-likeness (QED) is 0.149. The molecule has 0 bridgehead atoms. The molecule has 0 unspecified atom stereocenters. The lowest BCUT2D eigenvalue weighted by atomic mass is 10.0. The van der Waals surface area contributed by atoms with Crippen molar-refractivity contribution >= 4 is 16.9 Å². The zero-order chi connectivity index (χ0) is 26.5. The van der Waals surface area contributed by atoms with Gasteiger partial charge >= 0.3 is 5.97 Å². The number of hydrogen-bond acceptors (Lipinski definition) is 6. The minimum atomic E-state index is -0.656. The third-order valence-electron chi connectivity index (χ3n) is 6.65. The standard InChI is InChI=1S/C31H40O6/c1-2-3-4-5-6-7-8-9-10-11-12-13-17-20-27(34)37-31-29(35)28-25(33)21-24(32)22-26(28)36-30(31)23-18-15-14-16-19-23/h14-16,18-19,21-22,32-33H,2-13,17,20H2,1H3. The Labute approximate surface area is 219 Å². The fourth-order valence-corrected chi connectivity index (χ4v) is 4.59. The van der Waals surface area contributed by atoms with Crippen LogP contribution in [0.15, 0.2) is 51.7 Å². The molecule has 0 aliphatic carbocycles. The number of carbonyl (C=O) groups excluding carboxylic acids is 1. The molecule has 2 aromatic carbocycles. The van der Waals surface area contributed by atoms with Gasteiger partial charge in [0.25, 0.3) is 0 Å². The van der Waals surface area contributed by atoms with Gasteiger partial charge in [0.15, 0.2) is 5.76 Å². The molecular formula is C31H40O6. The number of phenolic OH excluding ortho intramolecular Hbond substituents is 2. The summed E-state index contributed by atoms with van der Waals surface area (Å²) < 4.78 is 11.4. The molecule has 3 rings (SSSR count). The van der Waals surface area contributed by atoms with E-state index in [4.69, 9.17) is 9.15 Å². The van der Waals surface area contributed by atoms with Gasteiger partial charge in [-0.2, -0.15) is 0 Å². The highest BCUT2D eigenvalue weighted by atomic mass is 16.5. The second-order valence-corrected chi connectivity index (χ2v) is 9.76. The molecule has 0 aliphatic heterocycles. The molecule has 0 amide bonds. The molecule has 37 heavy (non-hydrogen) atoms. The molecule has 200 valence electrons. The maximum Gasteiger partial charge on any atom is 0.311 e. The normalized spacial score (nSPS) is 11.2. The van der Waals surface area contributed by atoms with Crippen molar-refractivity contribution in [2.24, 2.45) is 0 Å². The van der Waals surface area contributed by atoms with Gasteiger partial charge in [-0.3, -0.25) is 9.59 Å². The lowest BCUT2D eigenvalue weighted by Gasteiger charge is -2.11. The van der Waals surface area contributed by atoms with Crippen LogP contribution in [0.5, 0.6) is 17.2 Å². The number of esters is 1. The van der Waals surface area contributed by atoms with Gasteiger partial charge in [0, 0.05) is 24.1 Å². The monoisotopic (exact) mass is 508 g/mol. The van der Waals surface area contributed by atoms with Gasteiger partial charge < -0.3 is 19.4 Å². The van der Waals surface area contributed by atoms with Gasteiger partial charge in [0.05, 0.1) is 0 Å². The molecule has 0 saturated carbocycles. The van der Waals surface area contributed by atoms with Gasteiger partial charge in [-0.25, -0.2) is 0 Å².